The summed E-state index contributed by atoms with van der Waals surface area (Å²) < 4.78 is 37.1. The van der Waals surface area contributed by atoms with Crippen LogP contribution in [0.3, 0.4) is 0 Å². The molecule has 0 aliphatic carbocycles. The van der Waals surface area contributed by atoms with Gasteiger partial charge >= 0.3 is 0 Å². The average Bonchev–Trinajstić information content (AvgIpc) is 2.03. The van der Waals surface area contributed by atoms with Crippen molar-refractivity contribution in [3.8, 4) is 0 Å². The van der Waals surface area contributed by atoms with E-state index in [2.05, 4.69) is 0 Å². The van der Waals surface area contributed by atoms with Crippen molar-refractivity contribution in [2.24, 2.45) is 5.73 Å². The fourth-order valence-corrected chi connectivity index (χ4v) is 1.07. The van der Waals surface area contributed by atoms with Gasteiger partial charge in [-0.05, 0) is 24.1 Å². The van der Waals surface area contributed by atoms with Crippen LogP contribution in [0.4, 0.5) is 13.2 Å². The van der Waals surface area contributed by atoms with Gasteiger partial charge in [-0.2, -0.15) is 0 Å². The van der Waals surface area contributed by atoms with Crippen LogP contribution in [-0.4, -0.2) is 6.67 Å². The van der Waals surface area contributed by atoms with Gasteiger partial charge in [0.2, 0.25) is 0 Å². The lowest BCUT2D eigenvalue weighted by molar-refractivity contribution is 0.440. The second-order valence-corrected chi connectivity index (χ2v) is 2.79. The van der Waals surface area contributed by atoms with Crippen LogP contribution in [0.2, 0.25) is 0 Å². The summed E-state index contributed by atoms with van der Waals surface area (Å²) in [5.41, 5.74) is 5.76. The Labute approximate surface area is 86.5 Å². The van der Waals surface area contributed by atoms with Crippen molar-refractivity contribution in [1.29, 1.82) is 0 Å². The molecule has 0 unspecified atom stereocenters. The first-order chi connectivity index (χ1) is 6.13. The molecule has 0 aromatic heterocycles. The van der Waals surface area contributed by atoms with Crippen LogP contribution in [0.15, 0.2) is 18.2 Å². The Morgan fingerprint density at radius 1 is 1.14 bits per heavy atom. The number of alkyl halides is 1. The minimum absolute atomic E-state index is 0. The smallest absolute Gasteiger partial charge is 0.126 e. The van der Waals surface area contributed by atoms with E-state index < -0.39 is 24.4 Å². The molecule has 0 bridgehead atoms. The highest BCUT2D eigenvalue weighted by molar-refractivity contribution is 5.85. The minimum atomic E-state index is -0.690. The zero-order valence-corrected chi connectivity index (χ0v) is 8.16. The van der Waals surface area contributed by atoms with Crippen molar-refractivity contribution in [3.05, 3.63) is 35.4 Å². The molecular weight excluding hydrogens is 215 g/mol. The van der Waals surface area contributed by atoms with Crippen molar-refractivity contribution in [3.63, 3.8) is 0 Å². The zero-order chi connectivity index (χ0) is 9.84. The van der Waals surface area contributed by atoms with Crippen LogP contribution in [0, 0.1) is 11.6 Å². The Kier molecular flexibility index (Phi) is 5.57. The van der Waals surface area contributed by atoms with E-state index >= 15 is 0 Å². The van der Waals surface area contributed by atoms with Crippen molar-refractivity contribution < 1.29 is 13.2 Å². The van der Waals surface area contributed by atoms with Gasteiger partial charge in [-0.25, -0.2) is 8.78 Å². The summed E-state index contributed by atoms with van der Waals surface area (Å²) in [6.07, 6.45) is 0.0723. The highest BCUT2D eigenvalue weighted by Gasteiger charge is 2.08. The molecule has 1 rings (SSSR count). The molecule has 1 nitrogen and oxygen atoms in total. The first-order valence-electron chi connectivity index (χ1n) is 3.91. The van der Waals surface area contributed by atoms with Crippen molar-refractivity contribution in [2.75, 3.05) is 6.67 Å². The maximum absolute atomic E-state index is 12.6. The number of nitrogens with two attached hydrogens (primary N) is 1. The Morgan fingerprint density at radius 3 is 2.07 bits per heavy atom. The van der Waals surface area contributed by atoms with E-state index in [9.17, 15) is 13.2 Å². The molecule has 2 N–H and O–H groups in total. The Morgan fingerprint density at radius 2 is 1.64 bits per heavy atom. The molecule has 0 aliphatic rings. The first kappa shape index (κ1) is 13.3. The molecule has 0 fully saturated rings. The van der Waals surface area contributed by atoms with Gasteiger partial charge in [0.25, 0.3) is 0 Å². The van der Waals surface area contributed by atoms with Gasteiger partial charge in [0.05, 0.1) is 6.67 Å². The standard InChI is InChI=1S/C9H10F3N.ClH/c10-2-1-9(13)6-3-7(11)5-8(12)4-6;/h3-5,9H,1-2,13H2;1H/t9-;/m1./s1. The summed E-state index contributed by atoms with van der Waals surface area (Å²) in [5.74, 6) is -1.38. The maximum Gasteiger partial charge on any atom is 0.126 e. The number of halogens is 4. The summed E-state index contributed by atoms with van der Waals surface area (Å²) in [6, 6.07) is 2.34. The number of hydrogen-bond acceptors (Lipinski definition) is 1. The quantitative estimate of drug-likeness (QED) is 0.841. The number of hydrogen-bond donors (Lipinski definition) is 1. The molecule has 0 aliphatic heterocycles. The topological polar surface area (TPSA) is 26.0 Å². The molecule has 1 aromatic carbocycles. The van der Waals surface area contributed by atoms with E-state index in [1.807, 2.05) is 0 Å². The van der Waals surface area contributed by atoms with Gasteiger partial charge in [-0.15, -0.1) is 12.4 Å². The van der Waals surface area contributed by atoms with Gasteiger partial charge in [0.15, 0.2) is 0 Å². The van der Waals surface area contributed by atoms with E-state index in [0.717, 1.165) is 18.2 Å². The summed E-state index contributed by atoms with van der Waals surface area (Å²) in [5, 5.41) is 0. The summed E-state index contributed by atoms with van der Waals surface area (Å²) in [7, 11) is 0. The second kappa shape index (κ2) is 5.88. The van der Waals surface area contributed by atoms with Gasteiger partial charge in [0, 0.05) is 12.1 Å². The summed E-state index contributed by atoms with van der Waals surface area (Å²) in [6.45, 7) is -0.598. The number of rotatable bonds is 3. The largest absolute Gasteiger partial charge is 0.324 e. The van der Waals surface area contributed by atoms with Gasteiger partial charge in [0.1, 0.15) is 11.6 Å². The second-order valence-electron chi connectivity index (χ2n) is 2.79. The minimum Gasteiger partial charge on any atom is -0.324 e. The van der Waals surface area contributed by atoms with Gasteiger partial charge in [-0.1, -0.05) is 0 Å². The van der Waals surface area contributed by atoms with Gasteiger partial charge in [-0.3, -0.25) is 4.39 Å². The fraction of sp³-hybridized carbons (Fsp3) is 0.333. The monoisotopic (exact) mass is 225 g/mol. The fourth-order valence-electron chi connectivity index (χ4n) is 1.07. The predicted octanol–water partition coefficient (Wildman–Crippen LogP) is 2.75. The van der Waals surface area contributed by atoms with E-state index in [1.165, 1.54) is 0 Å². The third-order valence-corrected chi connectivity index (χ3v) is 1.73. The molecule has 0 radical (unpaired) electrons. The lowest BCUT2D eigenvalue weighted by atomic mass is 10.1. The highest BCUT2D eigenvalue weighted by atomic mass is 35.5. The van der Waals surface area contributed by atoms with E-state index in [4.69, 9.17) is 5.73 Å². The normalized spacial score (nSPS) is 12.0. The van der Waals surface area contributed by atoms with Gasteiger partial charge < -0.3 is 5.73 Å². The average molecular weight is 226 g/mol. The SMILES string of the molecule is Cl.N[C@H](CCF)c1cc(F)cc(F)c1. The summed E-state index contributed by atoms with van der Waals surface area (Å²) >= 11 is 0. The highest BCUT2D eigenvalue weighted by Crippen LogP contribution is 2.16. The summed E-state index contributed by atoms with van der Waals surface area (Å²) in [4.78, 5) is 0. The molecule has 0 amide bonds. The van der Waals surface area contributed by atoms with Crippen molar-refractivity contribution in [1.82, 2.24) is 0 Å². The van der Waals surface area contributed by atoms with Crippen molar-refractivity contribution >= 4 is 12.4 Å². The van der Waals surface area contributed by atoms with Crippen LogP contribution < -0.4 is 5.73 Å². The molecule has 5 heteroatoms. The molecule has 80 valence electrons. The van der Waals surface area contributed by atoms with Crippen LogP contribution in [0.1, 0.15) is 18.0 Å². The zero-order valence-electron chi connectivity index (χ0n) is 7.34. The van der Waals surface area contributed by atoms with Crippen LogP contribution in [-0.2, 0) is 0 Å². The van der Waals surface area contributed by atoms with Crippen LogP contribution in [0.5, 0.6) is 0 Å². The Balaban J connectivity index is 0.00000169. The maximum atomic E-state index is 12.6. The molecule has 14 heavy (non-hydrogen) atoms. The predicted molar refractivity (Wildman–Crippen MR) is 51.1 cm³/mol. The van der Waals surface area contributed by atoms with Crippen molar-refractivity contribution in [2.45, 2.75) is 12.5 Å². The molecule has 0 saturated carbocycles. The third kappa shape index (κ3) is 3.55. The molecular formula is C9H11ClF3N. The first-order valence-corrected chi connectivity index (χ1v) is 3.91. The van der Waals surface area contributed by atoms with Crippen LogP contribution in [0.25, 0.3) is 0 Å². The molecule has 0 saturated heterocycles. The Bertz CT molecular complexity index is 273. The Hall–Kier alpha value is -0.740. The lowest BCUT2D eigenvalue weighted by Crippen LogP contribution is -2.11. The number of benzene rings is 1. The lowest BCUT2D eigenvalue weighted by Gasteiger charge is -2.09. The molecule has 1 atom stereocenters. The van der Waals surface area contributed by atoms with E-state index in [-0.39, 0.29) is 24.4 Å². The molecule has 0 heterocycles. The van der Waals surface area contributed by atoms with Crippen LogP contribution >= 0.6 is 12.4 Å². The van der Waals surface area contributed by atoms with E-state index in [1.54, 1.807) is 0 Å². The molecule has 1 aromatic rings. The molecule has 0 spiro atoms. The third-order valence-electron chi connectivity index (χ3n) is 1.73. The van der Waals surface area contributed by atoms with E-state index in [0.29, 0.717) is 0 Å².